The van der Waals surface area contributed by atoms with Gasteiger partial charge in [0.1, 0.15) is 5.82 Å². The highest BCUT2D eigenvalue weighted by Crippen LogP contribution is 2.40. The number of hydrogen-bond donors (Lipinski definition) is 1. The lowest BCUT2D eigenvalue weighted by molar-refractivity contribution is -0.119. The van der Waals surface area contributed by atoms with E-state index in [1.54, 1.807) is 0 Å². The number of hydrogen-bond acceptors (Lipinski definition) is 4. The van der Waals surface area contributed by atoms with E-state index in [9.17, 15) is 4.79 Å². The maximum atomic E-state index is 12.5. The van der Waals surface area contributed by atoms with Crippen molar-refractivity contribution in [2.75, 3.05) is 5.75 Å². The lowest BCUT2D eigenvalue weighted by Gasteiger charge is -2.14. The number of nitrogens with one attached hydrogen (secondary N) is 1. The summed E-state index contributed by atoms with van der Waals surface area (Å²) in [7, 11) is 0. The molecule has 5 nitrogen and oxygen atoms in total. The van der Waals surface area contributed by atoms with Crippen molar-refractivity contribution >= 4 is 33.6 Å². The fourth-order valence-corrected chi connectivity index (χ4v) is 4.23. The summed E-state index contributed by atoms with van der Waals surface area (Å²) in [5, 5.41) is 12.7. The van der Waals surface area contributed by atoms with Gasteiger partial charge >= 0.3 is 0 Å². The molecule has 1 N–H and O–H groups in total. The fraction of sp³-hybridized carbons (Fsp3) is 0.318. The van der Waals surface area contributed by atoms with Crippen LogP contribution < -0.4 is 5.32 Å². The maximum Gasteiger partial charge on any atom is 0.230 e. The van der Waals surface area contributed by atoms with Crippen molar-refractivity contribution in [3.63, 3.8) is 0 Å². The number of halogens is 1. The SMILES string of the molecule is CC(NC(=O)CSc1nnc(C2CC2)n1Cc1ccccc1)c1ccc(Br)cc1. The van der Waals surface area contributed by atoms with E-state index in [1.165, 1.54) is 30.2 Å². The predicted molar refractivity (Wildman–Crippen MR) is 119 cm³/mol. The Hall–Kier alpha value is -2.12. The third kappa shape index (κ3) is 5.28. The zero-order chi connectivity index (χ0) is 20.2. The molecular formula is C22H23BrN4OS. The summed E-state index contributed by atoms with van der Waals surface area (Å²) < 4.78 is 3.20. The van der Waals surface area contributed by atoms with E-state index in [0.29, 0.717) is 11.7 Å². The van der Waals surface area contributed by atoms with Crippen molar-refractivity contribution in [3.05, 3.63) is 76.0 Å². The molecule has 1 amide bonds. The summed E-state index contributed by atoms with van der Waals surface area (Å²) in [6.45, 7) is 2.73. The zero-order valence-corrected chi connectivity index (χ0v) is 18.6. The largest absolute Gasteiger partial charge is 0.349 e. The molecule has 4 rings (SSSR count). The second-order valence-corrected chi connectivity index (χ2v) is 9.17. The van der Waals surface area contributed by atoms with Crippen LogP contribution in [0.1, 0.15) is 48.7 Å². The van der Waals surface area contributed by atoms with Crippen LogP contribution in [0.5, 0.6) is 0 Å². The van der Waals surface area contributed by atoms with Gasteiger partial charge in [-0.15, -0.1) is 10.2 Å². The van der Waals surface area contributed by atoms with Crippen LogP contribution in [0, 0.1) is 0 Å². The third-order valence-corrected chi connectivity index (χ3v) is 6.45. The lowest BCUT2D eigenvalue weighted by atomic mass is 10.1. The van der Waals surface area contributed by atoms with Crippen molar-refractivity contribution in [2.24, 2.45) is 0 Å². The van der Waals surface area contributed by atoms with Crippen LogP contribution in [0.25, 0.3) is 0 Å². The Bertz CT molecular complexity index is 970. The average molecular weight is 471 g/mol. The first-order valence-electron chi connectivity index (χ1n) is 9.75. The second kappa shape index (κ2) is 9.13. The number of carbonyl (C=O) groups excluding carboxylic acids is 1. The molecule has 29 heavy (non-hydrogen) atoms. The number of aromatic nitrogens is 3. The Balaban J connectivity index is 1.40. The molecule has 0 saturated heterocycles. The number of nitrogens with zero attached hydrogens (tertiary/aromatic N) is 3. The van der Waals surface area contributed by atoms with Gasteiger partial charge in [-0.25, -0.2) is 0 Å². The quantitative estimate of drug-likeness (QED) is 0.473. The Labute approximate surface area is 183 Å². The van der Waals surface area contributed by atoms with Gasteiger partial charge in [-0.3, -0.25) is 4.79 Å². The Morgan fingerprint density at radius 1 is 1.17 bits per heavy atom. The van der Waals surface area contributed by atoms with Crippen LogP contribution in [0.3, 0.4) is 0 Å². The number of amides is 1. The van der Waals surface area contributed by atoms with Gasteiger partial charge in [-0.05, 0) is 43.0 Å². The normalized spacial score (nSPS) is 14.6. The van der Waals surface area contributed by atoms with Crippen LogP contribution in [0.2, 0.25) is 0 Å². The highest BCUT2D eigenvalue weighted by Gasteiger charge is 2.30. The number of rotatable bonds is 8. The van der Waals surface area contributed by atoms with E-state index < -0.39 is 0 Å². The Morgan fingerprint density at radius 3 is 2.59 bits per heavy atom. The first kappa shape index (κ1) is 20.2. The topological polar surface area (TPSA) is 59.8 Å². The van der Waals surface area contributed by atoms with Crippen molar-refractivity contribution in [1.82, 2.24) is 20.1 Å². The summed E-state index contributed by atoms with van der Waals surface area (Å²) >= 11 is 4.89. The van der Waals surface area contributed by atoms with Gasteiger partial charge in [0.25, 0.3) is 0 Å². The molecule has 1 aliphatic carbocycles. The van der Waals surface area contributed by atoms with Crippen molar-refractivity contribution in [2.45, 2.75) is 43.4 Å². The van der Waals surface area contributed by atoms with E-state index >= 15 is 0 Å². The van der Waals surface area contributed by atoms with Crippen molar-refractivity contribution in [1.29, 1.82) is 0 Å². The molecule has 0 bridgehead atoms. The standard InChI is InChI=1S/C22H23BrN4OS/c1-15(17-9-11-19(23)12-10-17)24-20(28)14-29-22-26-25-21(18-7-8-18)27(22)13-16-5-3-2-4-6-16/h2-6,9-12,15,18H,7-8,13-14H2,1H3,(H,24,28). The first-order chi connectivity index (χ1) is 14.1. The summed E-state index contributed by atoms with van der Waals surface area (Å²) in [5.41, 5.74) is 2.29. The maximum absolute atomic E-state index is 12.5. The minimum Gasteiger partial charge on any atom is -0.349 e. The molecule has 1 unspecified atom stereocenters. The lowest BCUT2D eigenvalue weighted by Crippen LogP contribution is -2.28. The zero-order valence-electron chi connectivity index (χ0n) is 16.2. The second-order valence-electron chi connectivity index (χ2n) is 7.32. The first-order valence-corrected chi connectivity index (χ1v) is 11.5. The van der Waals surface area contributed by atoms with Crippen molar-refractivity contribution in [3.8, 4) is 0 Å². The van der Waals surface area contributed by atoms with Gasteiger partial charge in [0.2, 0.25) is 5.91 Å². The number of thioether (sulfide) groups is 1. The number of carbonyl (C=O) groups is 1. The van der Waals surface area contributed by atoms with E-state index in [4.69, 9.17) is 0 Å². The van der Waals surface area contributed by atoms with Crippen LogP contribution >= 0.6 is 27.7 Å². The molecule has 1 aromatic heterocycles. The molecule has 2 aromatic carbocycles. The summed E-state index contributed by atoms with van der Waals surface area (Å²) in [5.74, 6) is 1.86. The van der Waals surface area contributed by atoms with Gasteiger partial charge in [-0.1, -0.05) is 70.2 Å². The monoisotopic (exact) mass is 470 g/mol. The molecule has 150 valence electrons. The minimum absolute atomic E-state index is 0.00680. The molecule has 1 atom stereocenters. The number of benzene rings is 2. The highest BCUT2D eigenvalue weighted by molar-refractivity contribution is 9.10. The molecule has 0 aliphatic heterocycles. The van der Waals surface area contributed by atoms with E-state index in [-0.39, 0.29) is 11.9 Å². The van der Waals surface area contributed by atoms with E-state index in [2.05, 4.69) is 48.1 Å². The molecule has 0 radical (unpaired) electrons. The van der Waals surface area contributed by atoms with Gasteiger partial charge in [0.15, 0.2) is 5.16 Å². The molecule has 1 saturated carbocycles. The highest BCUT2D eigenvalue weighted by atomic mass is 79.9. The molecular weight excluding hydrogens is 448 g/mol. The molecule has 0 spiro atoms. The van der Waals surface area contributed by atoms with Crippen LogP contribution in [-0.4, -0.2) is 26.4 Å². The van der Waals surface area contributed by atoms with E-state index in [0.717, 1.165) is 27.6 Å². The Kier molecular flexibility index (Phi) is 6.35. The van der Waals surface area contributed by atoms with Gasteiger partial charge < -0.3 is 9.88 Å². The fourth-order valence-electron chi connectivity index (χ4n) is 3.21. The molecule has 1 heterocycles. The van der Waals surface area contributed by atoms with Crippen LogP contribution in [0.4, 0.5) is 0 Å². The predicted octanol–water partition coefficient (Wildman–Crippen LogP) is 4.94. The van der Waals surface area contributed by atoms with Gasteiger partial charge in [0.05, 0.1) is 18.3 Å². The van der Waals surface area contributed by atoms with Gasteiger partial charge in [0, 0.05) is 10.4 Å². The molecule has 1 aliphatic rings. The minimum atomic E-state index is -0.0413. The summed E-state index contributed by atoms with van der Waals surface area (Å²) in [6.07, 6.45) is 2.34. The van der Waals surface area contributed by atoms with E-state index in [1.807, 2.05) is 49.4 Å². The Morgan fingerprint density at radius 2 is 1.90 bits per heavy atom. The molecule has 3 aromatic rings. The van der Waals surface area contributed by atoms with Crippen molar-refractivity contribution < 1.29 is 4.79 Å². The van der Waals surface area contributed by atoms with Crippen LogP contribution in [0.15, 0.2) is 64.2 Å². The van der Waals surface area contributed by atoms with Crippen LogP contribution in [-0.2, 0) is 11.3 Å². The smallest absolute Gasteiger partial charge is 0.230 e. The molecule has 7 heteroatoms. The summed E-state index contributed by atoms with van der Waals surface area (Å²) in [4.78, 5) is 12.5. The van der Waals surface area contributed by atoms with Gasteiger partial charge in [-0.2, -0.15) is 0 Å². The summed E-state index contributed by atoms with van der Waals surface area (Å²) in [6, 6.07) is 18.3. The average Bonchev–Trinajstić information content (AvgIpc) is 3.49. The molecule has 1 fully saturated rings. The third-order valence-electron chi connectivity index (χ3n) is 4.95.